The molecule has 7 heteroatoms. The first-order valence-corrected chi connectivity index (χ1v) is 5.58. The predicted octanol–water partition coefficient (Wildman–Crippen LogP) is 2.33. The van der Waals surface area contributed by atoms with Crippen molar-refractivity contribution in [3.63, 3.8) is 0 Å². The molecule has 96 valence electrons. The van der Waals surface area contributed by atoms with Gasteiger partial charge in [-0.05, 0) is 26.3 Å². The first-order chi connectivity index (χ1) is 8.00. The van der Waals surface area contributed by atoms with Crippen molar-refractivity contribution in [2.75, 3.05) is 7.05 Å². The Morgan fingerprint density at radius 2 is 2.12 bits per heavy atom. The summed E-state index contributed by atoms with van der Waals surface area (Å²) in [6, 6.07) is 0.315. The van der Waals surface area contributed by atoms with E-state index in [4.69, 9.17) is 4.52 Å². The lowest BCUT2D eigenvalue weighted by molar-refractivity contribution is -0.146. The molecule has 2 unspecified atom stereocenters. The van der Waals surface area contributed by atoms with Gasteiger partial charge in [-0.15, -0.1) is 0 Å². The fourth-order valence-electron chi connectivity index (χ4n) is 2.19. The lowest BCUT2D eigenvalue weighted by Crippen LogP contribution is -2.30. The average Bonchev–Trinajstić information content (AvgIpc) is 2.78. The van der Waals surface area contributed by atoms with Crippen LogP contribution < -0.4 is 5.32 Å². The molecule has 0 radical (unpaired) electrons. The topological polar surface area (TPSA) is 51.0 Å². The zero-order chi connectivity index (χ0) is 12.5. The molecule has 0 aliphatic heterocycles. The normalized spacial score (nSPS) is 26.1. The van der Waals surface area contributed by atoms with Crippen molar-refractivity contribution in [2.45, 2.75) is 43.8 Å². The minimum atomic E-state index is -4.53. The Kier molecular flexibility index (Phi) is 3.37. The van der Waals surface area contributed by atoms with Crippen LogP contribution >= 0.6 is 0 Å². The number of alkyl halides is 3. The van der Waals surface area contributed by atoms with Gasteiger partial charge in [0.2, 0.25) is 5.89 Å². The van der Waals surface area contributed by atoms with Crippen LogP contribution in [0, 0.1) is 0 Å². The van der Waals surface area contributed by atoms with Crippen LogP contribution in [0.1, 0.15) is 43.3 Å². The first kappa shape index (κ1) is 12.3. The summed E-state index contributed by atoms with van der Waals surface area (Å²) < 4.78 is 41.7. The molecule has 0 spiro atoms. The maximum Gasteiger partial charge on any atom is 0.455 e. The van der Waals surface area contributed by atoms with E-state index in [1.807, 2.05) is 7.05 Å². The maximum absolute atomic E-state index is 12.3. The van der Waals surface area contributed by atoms with Gasteiger partial charge in [0.25, 0.3) is 5.82 Å². The molecule has 1 aliphatic carbocycles. The molecule has 17 heavy (non-hydrogen) atoms. The number of hydrogen-bond acceptors (Lipinski definition) is 4. The second-order valence-electron chi connectivity index (χ2n) is 4.30. The van der Waals surface area contributed by atoms with Crippen LogP contribution in [0.25, 0.3) is 0 Å². The number of aromatic nitrogens is 2. The van der Waals surface area contributed by atoms with E-state index in [9.17, 15) is 13.2 Å². The Labute approximate surface area is 96.6 Å². The number of hydrogen-bond donors (Lipinski definition) is 1. The van der Waals surface area contributed by atoms with E-state index in [-0.39, 0.29) is 11.8 Å². The molecule has 1 saturated carbocycles. The monoisotopic (exact) mass is 249 g/mol. The van der Waals surface area contributed by atoms with Crippen LogP contribution in [-0.2, 0) is 6.18 Å². The van der Waals surface area contributed by atoms with Gasteiger partial charge in [-0.3, -0.25) is 0 Å². The molecule has 1 aromatic heterocycles. The van der Waals surface area contributed by atoms with Crippen molar-refractivity contribution in [3.05, 3.63) is 11.7 Å². The molecule has 1 aromatic rings. The van der Waals surface area contributed by atoms with Crippen molar-refractivity contribution in [2.24, 2.45) is 0 Å². The van der Waals surface area contributed by atoms with Crippen LogP contribution in [-0.4, -0.2) is 23.2 Å². The zero-order valence-electron chi connectivity index (χ0n) is 9.42. The molecule has 1 heterocycles. The van der Waals surface area contributed by atoms with Gasteiger partial charge >= 0.3 is 6.18 Å². The van der Waals surface area contributed by atoms with Gasteiger partial charge < -0.3 is 9.84 Å². The third-order valence-corrected chi connectivity index (χ3v) is 3.13. The van der Waals surface area contributed by atoms with Crippen LogP contribution in [0.3, 0.4) is 0 Å². The van der Waals surface area contributed by atoms with Gasteiger partial charge in [-0.25, -0.2) is 0 Å². The first-order valence-electron chi connectivity index (χ1n) is 5.58. The fourth-order valence-corrected chi connectivity index (χ4v) is 2.19. The summed E-state index contributed by atoms with van der Waals surface area (Å²) in [5.74, 6) is -1.14. The fraction of sp³-hybridized carbons (Fsp3) is 0.800. The van der Waals surface area contributed by atoms with E-state index < -0.39 is 12.0 Å². The summed E-state index contributed by atoms with van der Waals surface area (Å²) in [5, 5.41) is 6.11. The summed E-state index contributed by atoms with van der Waals surface area (Å²) in [6.45, 7) is 0. The van der Waals surface area contributed by atoms with Gasteiger partial charge in [0.15, 0.2) is 0 Å². The average molecular weight is 249 g/mol. The quantitative estimate of drug-likeness (QED) is 0.874. The molecule has 1 aliphatic rings. The number of nitrogens with zero attached hydrogens (tertiary/aromatic N) is 2. The predicted molar refractivity (Wildman–Crippen MR) is 53.4 cm³/mol. The summed E-state index contributed by atoms with van der Waals surface area (Å²) in [4.78, 5) is 3.44. The second kappa shape index (κ2) is 4.64. The highest BCUT2D eigenvalue weighted by molar-refractivity contribution is 4.99. The van der Waals surface area contributed by atoms with Gasteiger partial charge in [0, 0.05) is 12.0 Å². The van der Waals surface area contributed by atoms with E-state index >= 15 is 0 Å². The van der Waals surface area contributed by atoms with E-state index in [0.29, 0.717) is 6.04 Å². The van der Waals surface area contributed by atoms with E-state index in [1.54, 1.807) is 0 Å². The molecule has 1 fully saturated rings. The van der Waals surface area contributed by atoms with Crippen LogP contribution in [0.5, 0.6) is 0 Å². The van der Waals surface area contributed by atoms with Gasteiger partial charge in [-0.2, -0.15) is 18.2 Å². The third-order valence-electron chi connectivity index (χ3n) is 3.13. The summed E-state index contributed by atoms with van der Waals surface area (Å²) in [7, 11) is 1.85. The minimum Gasteiger partial charge on any atom is -0.339 e. The Hall–Kier alpha value is -1.11. The Morgan fingerprint density at radius 1 is 1.35 bits per heavy atom. The number of halogens is 3. The van der Waals surface area contributed by atoms with Crippen molar-refractivity contribution in [3.8, 4) is 0 Å². The number of rotatable bonds is 2. The van der Waals surface area contributed by atoms with Gasteiger partial charge in [0.05, 0.1) is 0 Å². The van der Waals surface area contributed by atoms with E-state index in [0.717, 1.165) is 25.7 Å². The molecule has 4 nitrogen and oxygen atoms in total. The molecule has 0 amide bonds. The lowest BCUT2D eigenvalue weighted by Gasteiger charge is -2.26. The number of nitrogens with one attached hydrogen (secondary N) is 1. The van der Waals surface area contributed by atoms with Crippen LogP contribution in [0.4, 0.5) is 13.2 Å². The third kappa shape index (κ3) is 2.77. The molecule has 0 bridgehead atoms. The zero-order valence-corrected chi connectivity index (χ0v) is 9.42. The highest BCUT2D eigenvalue weighted by Crippen LogP contribution is 2.34. The Balaban J connectivity index is 2.09. The lowest BCUT2D eigenvalue weighted by atomic mass is 9.86. The SMILES string of the molecule is CNC1CCCC(c2nc(C(F)(F)F)no2)C1. The molecule has 2 rings (SSSR count). The van der Waals surface area contributed by atoms with Crippen LogP contribution in [0.15, 0.2) is 4.52 Å². The van der Waals surface area contributed by atoms with Crippen molar-refractivity contribution < 1.29 is 17.7 Å². The highest BCUT2D eigenvalue weighted by atomic mass is 19.4. The highest BCUT2D eigenvalue weighted by Gasteiger charge is 2.38. The second-order valence-corrected chi connectivity index (χ2v) is 4.30. The Bertz CT molecular complexity index is 377. The largest absolute Gasteiger partial charge is 0.455 e. The van der Waals surface area contributed by atoms with Gasteiger partial charge in [-0.1, -0.05) is 11.6 Å². The molecule has 0 aromatic carbocycles. The van der Waals surface area contributed by atoms with Gasteiger partial charge in [0.1, 0.15) is 0 Å². The summed E-state index contributed by atoms with van der Waals surface area (Å²) >= 11 is 0. The summed E-state index contributed by atoms with van der Waals surface area (Å²) in [5.41, 5.74) is 0. The minimum absolute atomic E-state index is 0.0650. The molecule has 2 atom stereocenters. The Morgan fingerprint density at radius 3 is 2.71 bits per heavy atom. The van der Waals surface area contributed by atoms with E-state index in [1.165, 1.54) is 0 Å². The smallest absolute Gasteiger partial charge is 0.339 e. The summed E-state index contributed by atoms with van der Waals surface area (Å²) in [6.07, 6.45) is -0.986. The maximum atomic E-state index is 12.3. The van der Waals surface area contributed by atoms with Crippen LogP contribution in [0.2, 0.25) is 0 Å². The molecular weight excluding hydrogens is 235 g/mol. The van der Waals surface area contributed by atoms with Crippen molar-refractivity contribution >= 4 is 0 Å². The van der Waals surface area contributed by atoms with E-state index in [2.05, 4.69) is 15.5 Å². The molecular formula is C10H14F3N3O. The molecule has 1 N–H and O–H groups in total. The standard InChI is InChI=1S/C10H14F3N3O/c1-14-7-4-2-3-6(5-7)8-15-9(16-17-8)10(11,12)13/h6-7,14H,2-5H2,1H3. The van der Waals surface area contributed by atoms with Crippen molar-refractivity contribution in [1.29, 1.82) is 0 Å². The molecule has 0 saturated heterocycles. The van der Waals surface area contributed by atoms with Crippen molar-refractivity contribution in [1.82, 2.24) is 15.5 Å².